The highest BCUT2D eigenvalue weighted by molar-refractivity contribution is 6.31. The summed E-state index contributed by atoms with van der Waals surface area (Å²) in [5, 5.41) is 1.23. The van der Waals surface area contributed by atoms with Gasteiger partial charge in [0.05, 0.1) is 19.4 Å². The summed E-state index contributed by atoms with van der Waals surface area (Å²) in [6.07, 6.45) is 1.52. The van der Waals surface area contributed by atoms with E-state index in [4.69, 9.17) is 9.47 Å². The Kier molecular flexibility index (Phi) is 4.70. The normalized spacial score (nSPS) is 15.4. The molecule has 0 aromatic heterocycles. The Morgan fingerprint density at radius 1 is 1.08 bits per heavy atom. The van der Waals surface area contributed by atoms with Crippen molar-refractivity contribution in [2.75, 3.05) is 18.7 Å². The molecule has 0 spiro atoms. The number of amides is 2. The summed E-state index contributed by atoms with van der Waals surface area (Å²) >= 11 is 0. The van der Waals surface area contributed by atoms with Crippen LogP contribution in [0.25, 0.3) is 6.08 Å². The van der Waals surface area contributed by atoms with Crippen molar-refractivity contribution in [2.24, 2.45) is 0 Å². The number of methoxy groups -OCH3 is 1. The Morgan fingerprint density at radius 3 is 2.52 bits per heavy atom. The van der Waals surface area contributed by atoms with Gasteiger partial charge >= 0.3 is 0 Å². The fourth-order valence-corrected chi connectivity index (χ4v) is 2.58. The van der Waals surface area contributed by atoms with Gasteiger partial charge in [-0.3, -0.25) is 15.0 Å². The van der Waals surface area contributed by atoms with E-state index in [1.54, 1.807) is 49.6 Å². The van der Waals surface area contributed by atoms with Crippen LogP contribution in [-0.4, -0.2) is 25.5 Å². The Hall–Kier alpha value is -3.28. The number of anilines is 1. The summed E-state index contributed by atoms with van der Waals surface area (Å²) in [5.74, 6) is 0.168. The summed E-state index contributed by atoms with van der Waals surface area (Å²) in [7, 11) is 1.54. The highest BCUT2D eigenvalue weighted by atomic mass is 16.5. The van der Waals surface area contributed by atoms with E-state index in [0.29, 0.717) is 29.4 Å². The maximum absolute atomic E-state index is 12.6. The molecule has 1 aliphatic rings. The van der Waals surface area contributed by atoms with Crippen LogP contribution in [0.15, 0.2) is 54.1 Å². The molecule has 1 fully saturated rings. The second kappa shape index (κ2) is 7.09. The zero-order valence-corrected chi connectivity index (χ0v) is 14.0. The van der Waals surface area contributed by atoms with E-state index >= 15 is 0 Å². The molecule has 1 heterocycles. The maximum atomic E-state index is 12.6. The number of nitrogens with zero attached hydrogens (tertiary/aromatic N) is 1. The van der Waals surface area contributed by atoms with E-state index in [0.717, 1.165) is 0 Å². The van der Waals surface area contributed by atoms with E-state index in [9.17, 15) is 9.59 Å². The van der Waals surface area contributed by atoms with Crippen molar-refractivity contribution in [3.05, 3.63) is 59.7 Å². The van der Waals surface area contributed by atoms with Crippen molar-refractivity contribution in [3.8, 4) is 11.5 Å². The van der Waals surface area contributed by atoms with E-state index in [-0.39, 0.29) is 5.57 Å². The summed E-state index contributed by atoms with van der Waals surface area (Å²) in [5.41, 5.74) is 3.82. The smallest absolute Gasteiger partial charge is 0.282 e. The van der Waals surface area contributed by atoms with Crippen LogP contribution in [0.2, 0.25) is 0 Å². The Labute approximate surface area is 145 Å². The number of rotatable bonds is 5. The number of benzene rings is 2. The molecule has 0 bridgehead atoms. The Bertz CT molecular complexity index is 831. The summed E-state index contributed by atoms with van der Waals surface area (Å²) < 4.78 is 10.9. The monoisotopic (exact) mass is 338 g/mol. The maximum Gasteiger partial charge on any atom is 0.282 e. The molecule has 1 N–H and O–H groups in total. The average Bonchev–Trinajstić information content (AvgIpc) is 2.92. The molecule has 128 valence electrons. The van der Waals surface area contributed by atoms with Crippen LogP contribution in [-0.2, 0) is 9.59 Å². The van der Waals surface area contributed by atoms with Gasteiger partial charge in [0.25, 0.3) is 11.8 Å². The SMILES string of the molecule is CCOc1c(/C=C2/C(=O)NN(c3ccccc3)C2=O)cccc1OC. The average molecular weight is 338 g/mol. The highest BCUT2D eigenvalue weighted by Gasteiger charge is 2.34. The molecule has 0 atom stereocenters. The van der Waals surface area contributed by atoms with Crippen LogP contribution >= 0.6 is 0 Å². The molecule has 25 heavy (non-hydrogen) atoms. The first-order valence-electron chi connectivity index (χ1n) is 7.87. The van der Waals surface area contributed by atoms with Gasteiger partial charge in [0.1, 0.15) is 5.57 Å². The van der Waals surface area contributed by atoms with Crippen molar-refractivity contribution in [1.82, 2.24) is 5.43 Å². The summed E-state index contributed by atoms with van der Waals surface area (Å²) in [4.78, 5) is 24.9. The van der Waals surface area contributed by atoms with E-state index in [2.05, 4.69) is 5.43 Å². The number of hydrogen-bond donors (Lipinski definition) is 1. The summed E-state index contributed by atoms with van der Waals surface area (Å²) in [6, 6.07) is 14.2. The van der Waals surface area contributed by atoms with Gasteiger partial charge in [-0.15, -0.1) is 0 Å². The van der Waals surface area contributed by atoms with Crippen LogP contribution in [0.3, 0.4) is 0 Å². The van der Waals surface area contributed by atoms with Crippen LogP contribution in [0.4, 0.5) is 5.69 Å². The third kappa shape index (κ3) is 3.19. The molecule has 2 aromatic carbocycles. The fraction of sp³-hybridized carbons (Fsp3) is 0.158. The first kappa shape index (κ1) is 16.6. The van der Waals surface area contributed by atoms with E-state index in [1.165, 1.54) is 11.1 Å². The quantitative estimate of drug-likeness (QED) is 0.672. The minimum Gasteiger partial charge on any atom is -0.493 e. The van der Waals surface area contributed by atoms with Crippen molar-refractivity contribution in [2.45, 2.75) is 6.92 Å². The molecule has 6 heteroatoms. The molecule has 1 saturated heterocycles. The van der Waals surface area contributed by atoms with Crippen molar-refractivity contribution < 1.29 is 19.1 Å². The van der Waals surface area contributed by atoms with Gasteiger partial charge in [0.2, 0.25) is 0 Å². The van der Waals surface area contributed by atoms with Gasteiger partial charge in [0, 0.05) is 5.56 Å². The number of nitrogens with one attached hydrogen (secondary N) is 1. The topological polar surface area (TPSA) is 67.9 Å². The molecular weight excluding hydrogens is 320 g/mol. The molecule has 2 aromatic rings. The lowest BCUT2D eigenvalue weighted by atomic mass is 10.1. The lowest BCUT2D eigenvalue weighted by Crippen LogP contribution is -2.35. The van der Waals surface area contributed by atoms with Gasteiger partial charge in [0.15, 0.2) is 11.5 Å². The lowest BCUT2D eigenvalue weighted by Gasteiger charge is -2.14. The third-order valence-corrected chi connectivity index (χ3v) is 3.72. The van der Waals surface area contributed by atoms with Gasteiger partial charge in [-0.05, 0) is 31.2 Å². The molecule has 0 saturated carbocycles. The Balaban J connectivity index is 1.99. The molecule has 0 unspecified atom stereocenters. The standard InChI is InChI=1S/C19H18N2O4/c1-3-25-17-13(8-7-11-16(17)24-2)12-15-18(22)20-21(19(15)23)14-9-5-4-6-10-14/h4-12H,3H2,1-2H3,(H,20,22)/b15-12-. The van der Waals surface area contributed by atoms with Gasteiger partial charge in [-0.1, -0.05) is 30.3 Å². The summed E-state index contributed by atoms with van der Waals surface area (Å²) in [6.45, 7) is 2.29. The molecule has 3 rings (SSSR count). The number of carbonyl (C=O) groups is 2. The number of carbonyl (C=O) groups excluding carboxylic acids is 2. The third-order valence-electron chi connectivity index (χ3n) is 3.72. The van der Waals surface area contributed by atoms with E-state index in [1.807, 2.05) is 13.0 Å². The van der Waals surface area contributed by atoms with Gasteiger partial charge in [-0.2, -0.15) is 0 Å². The van der Waals surface area contributed by atoms with Gasteiger partial charge < -0.3 is 9.47 Å². The zero-order valence-electron chi connectivity index (χ0n) is 14.0. The molecule has 6 nitrogen and oxygen atoms in total. The van der Waals surface area contributed by atoms with Crippen molar-refractivity contribution in [1.29, 1.82) is 0 Å². The minimum atomic E-state index is -0.459. The molecule has 2 amide bonds. The lowest BCUT2D eigenvalue weighted by molar-refractivity contribution is -0.117. The molecule has 1 aliphatic heterocycles. The van der Waals surface area contributed by atoms with E-state index < -0.39 is 11.8 Å². The fourth-order valence-electron chi connectivity index (χ4n) is 2.58. The largest absolute Gasteiger partial charge is 0.493 e. The first-order chi connectivity index (χ1) is 12.2. The predicted molar refractivity (Wildman–Crippen MR) is 94.2 cm³/mol. The number of hydrazine groups is 1. The Morgan fingerprint density at radius 2 is 1.84 bits per heavy atom. The number of ether oxygens (including phenoxy) is 2. The molecular formula is C19H18N2O4. The highest BCUT2D eigenvalue weighted by Crippen LogP contribution is 2.33. The van der Waals surface area contributed by atoms with Crippen LogP contribution < -0.4 is 19.9 Å². The van der Waals surface area contributed by atoms with Crippen LogP contribution in [0.5, 0.6) is 11.5 Å². The first-order valence-corrected chi connectivity index (χ1v) is 7.87. The molecule has 0 radical (unpaired) electrons. The zero-order chi connectivity index (χ0) is 17.8. The van der Waals surface area contributed by atoms with Crippen molar-refractivity contribution >= 4 is 23.6 Å². The molecule has 0 aliphatic carbocycles. The van der Waals surface area contributed by atoms with Crippen molar-refractivity contribution in [3.63, 3.8) is 0 Å². The van der Waals surface area contributed by atoms with Crippen LogP contribution in [0, 0.1) is 0 Å². The number of para-hydroxylation sites is 2. The second-order valence-electron chi connectivity index (χ2n) is 5.29. The number of hydrogen-bond acceptors (Lipinski definition) is 4. The second-order valence-corrected chi connectivity index (χ2v) is 5.29. The minimum absolute atomic E-state index is 0.0399. The van der Waals surface area contributed by atoms with Gasteiger partial charge in [-0.25, -0.2) is 5.01 Å². The predicted octanol–water partition coefficient (Wildman–Crippen LogP) is 2.56. The van der Waals surface area contributed by atoms with Crippen LogP contribution in [0.1, 0.15) is 12.5 Å².